The van der Waals surface area contributed by atoms with Crippen LogP contribution >= 0.6 is 11.6 Å². The molecule has 0 spiro atoms. The predicted octanol–water partition coefficient (Wildman–Crippen LogP) is 2.22. The van der Waals surface area contributed by atoms with Gasteiger partial charge in [0.05, 0.1) is 11.2 Å². The summed E-state index contributed by atoms with van der Waals surface area (Å²) in [4.78, 5) is 0. The summed E-state index contributed by atoms with van der Waals surface area (Å²) in [6.45, 7) is 8.00. The molecule has 0 unspecified atom stereocenters. The molecular formula is C12H17BClNO2. The molecule has 0 radical (unpaired) electrons. The number of hydrogen-bond donors (Lipinski definition) is 1. The van der Waals surface area contributed by atoms with Gasteiger partial charge in [0.25, 0.3) is 0 Å². The van der Waals surface area contributed by atoms with Crippen molar-refractivity contribution in [2.45, 2.75) is 38.9 Å². The number of anilines is 1. The summed E-state index contributed by atoms with van der Waals surface area (Å²) in [7, 11) is -0.506. The number of nitrogen functional groups attached to an aromatic ring is 1. The van der Waals surface area contributed by atoms with Gasteiger partial charge in [-0.15, -0.1) is 0 Å². The van der Waals surface area contributed by atoms with E-state index in [1.807, 2.05) is 33.8 Å². The van der Waals surface area contributed by atoms with E-state index >= 15 is 0 Å². The Labute approximate surface area is 107 Å². The molecule has 5 heteroatoms. The summed E-state index contributed by atoms with van der Waals surface area (Å²) in [5.74, 6) is 0. The Bertz CT molecular complexity index is 412. The minimum Gasteiger partial charge on any atom is -0.399 e. The van der Waals surface area contributed by atoms with Crippen LogP contribution in [0.4, 0.5) is 5.69 Å². The van der Waals surface area contributed by atoms with Gasteiger partial charge in [0, 0.05) is 16.2 Å². The average Bonchev–Trinajstić information content (AvgIpc) is 2.35. The van der Waals surface area contributed by atoms with Gasteiger partial charge in [0.15, 0.2) is 0 Å². The molecule has 0 aromatic heterocycles. The minimum atomic E-state index is -0.506. The third kappa shape index (κ3) is 2.05. The highest BCUT2D eigenvalue weighted by Crippen LogP contribution is 2.37. The lowest BCUT2D eigenvalue weighted by Crippen LogP contribution is -2.41. The van der Waals surface area contributed by atoms with Crippen molar-refractivity contribution in [2.75, 3.05) is 5.73 Å². The highest BCUT2D eigenvalue weighted by molar-refractivity contribution is 6.67. The molecule has 1 aromatic carbocycles. The first-order valence-corrected chi connectivity index (χ1v) is 6.02. The van der Waals surface area contributed by atoms with Crippen LogP contribution in [0.2, 0.25) is 5.02 Å². The average molecular weight is 254 g/mol. The van der Waals surface area contributed by atoms with Crippen LogP contribution in [0.1, 0.15) is 27.7 Å². The zero-order valence-electron chi connectivity index (χ0n) is 10.6. The molecule has 3 nitrogen and oxygen atoms in total. The van der Waals surface area contributed by atoms with Gasteiger partial charge in [-0.1, -0.05) is 17.7 Å². The zero-order chi connectivity index (χ0) is 12.8. The standard InChI is InChI=1S/C12H17BClNO2/c1-11(2)12(3,4)17-13(16-11)10-8(14)6-5-7-9(10)15/h5-7H,15H2,1-4H3. The second-order valence-corrected chi connectivity index (χ2v) is 5.74. The van der Waals surface area contributed by atoms with Gasteiger partial charge in [0.2, 0.25) is 0 Å². The van der Waals surface area contributed by atoms with Crippen LogP contribution in [-0.4, -0.2) is 18.3 Å². The van der Waals surface area contributed by atoms with E-state index < -0.39 is 7.12 Å². The maximum absolute atomic E-state index is 6.16. The molecule has 1 aliphatic rings. The van der Waals surface area contributed by atoms with Gasteiger partial charge >= 0.3 is 7.12 Å². The van der Waals surface area contributed by atoms with E-state index in [0.717, 1.165) is 0 Å². The van der Waals surface area contributed by atoms with Crippen molar-refractivity contribution in [2.24, 2.45) is 0 Å². The second kappa shape index (κ2) is 3.90. The van der Waals surface area contributed by atoms with Gasteiger partial charge in [0.1, 0.15) is 0 Å². The summed E-state index contributed by atoms with van der Waals surface area (Å²) in [6, 6.07) is 5.40. The van der Waals surface area contributed by atoms with Crippen molar-refractivity contribution in [3.05, 3.63) is 23.2 Å². The van der Waals surface area contributed by atoms with Crippen molar-refractivity contribution >= 4 is 29.9 Å². The molecule has 17 heavy (non-hydrogen) atoms. The lowest BCUT2D eigenvalue weighted by molar-refractivity contribution is 0.00578. The summed E-state index contributed by atoms with van der Waals surface area (Å²) in [5.41, 5.74) is 6.47. The first-order chi connectivity index (χ1) is 7.74. The first kappa shape index (κ1) is 12.7. The van der Waals surface area contributed by atoms with Gasteiger partial charge in [-0.3, -0.25) is 0 Å². The first-order valence-electron chi connectivity index (χ1n) is 5.64. The zero-order valence-corrected chi connectivity index (χ0v) is 11.3. The summed E-state index contributed by atoms with van der Waals surface area (Å²) < 4.78 is 11.9. The van der Waals surface area contributed by atoms with Crippen LogP contribution in [-0.2, 0) is 9.31 Å². The number of benzene rings is 1. The SMILES string of the molecule is CC1(C)OB(c2c(N)cccc2Cl)OC1(C)C. The lowest BCUT2D eigenvalue weighted by Gasteiger charge is -2.32. The van der Waals surface area contributed by atoms with Crippen LogP contribution in [0, 0.1) is 0 Å². The largest absolute Gasteiger partial charge is 0.498 e. The number of halogens is 1. The van der Waals surface area contributed by atoms with Crippen LogP contribution in [0.25, 0.3) is 0 Å². The fraction of sp³-hybridized carbons (Fsp3) is 0.500. The molecular weight excluding hydrogens is 236 g/mol. The van der Waals surface area contributed by atoms with Crippen LogP contribution in [0.15, 0.2) is 18.2 Å². The van der Waals surface area contributed by atoms with Crippen LogP contribution < -0.4 is 11.2 Å². The van der Waals surface area contributed by atoms with Gasteiger partial charge < -0.3 is 15.0 Å². The number of rotatable bonds is 1. The van der Waals surface area contributed by atoms with Gasteiger partial charge in [-0.05, 0) is 39.8 Å². The third-order valence-electron chi connectivity index (χ3n) is 3.58. The Morgan fingerprint density at radius 2 is 1.65 bits per heavy atom. The number of nitrogens with two attached hydrogens (primary N) is 1. The smallest absolute Gasteiger partial charge is 0.399 e. The van der Waals surface area contributed by atoms with Crippen LogP contribution in [0.3, 0.4) is 0 Å². The van der Waals surface area contributed by atoms with E-state index in [9.17, 15) is 0 Å². The summed E-state index contributed by atoms with van der Waals surface area (Å²) in [6.07, 6.45) is 0. The molecule has 1 aromatic rings. The maximum atomic E-state index is 6.16. The molecule has 92 valence electrons. The summed E-state index contributed by atoms with van der Waals surface area (Å²) in [5, 5.41) is 0.573. The van der Waals surface area contributed by atoms with E-state index in [1.54, 1.807) is 12.1 Å². The quantitative estimate of drug-likeness (QED) is 0.616. The predicted molar refractivity (Wildman–Crippen MR) is 71.6 cm³/mol. The molecule has 2 rings (SSSR count). The third-order valence-corrected chi connectivity index (χ3v) is 3.91. The Morgan fingerprint density at radius 1 is 1.12 bits per heavy atom. The molecule has 1 fully saturated rings. The molecule has 0 atom stereocenters. The molecule has 2 N–H and O–H groups in total. The van der Waals surface area contributed by atoms with E-state index in [0.29, 0.717) is 16.2 Å². The maximum Gasteiger partial charge on any atom is 0.498 e. The number of hydrogen-bond acceptors (Lipinski definition) is 3. The fourth-order valence-corrected chi connectivity index (χ4v) is 2.03. The highest BCUT2D eigenvalue weighted by atomic mass is 35.5. The molecule has 0 amide bonds. The van der Waals surface area contributed by atoms with Crippen molar-refractivity contribution in [3.63, 3.8) is 0 Å². The molecule has 1 saturated heterocycles. The van der Waals surface area contributed by atoms with Gasteiger partial charge in [-0.25, -0.2) is 0 Å². The second-order valence-electron chi connectivity index (χ2n) is 5.33. The molecule has 1 heterocycles. The van der Waals surface area contributed by atoms with E-state index in [1.165, 1.54) is 0 Å². The fourth-order valence-electron chi connectivity index (χ4n) is 1.76. The van der Waals surface area contributed by atoms with Gasteiger partial charge in [-0.2, -0.15) is 0 Å². The Kier molecular flexibility index (Phi) is 2.93. The van der Waals surface area contributed by atoms with E-state index in [-0.39, 0.29) is 11.2 Å². The van der Waals surface area contributed by atoms with Crippen molar-refractivity contribution in [3.8, 4) is 0 Å². The lowest BCUT2D eigenvalue weighted by atomic mass is 9.78. The molecule has 0 saturated carbocycles. The van der Waals surface area contributed by atoms with E-state index in [4.69, 9.17) is 26.6 Å². The van der Waals surface area contributed by atoms with Crippen molar-refractivity contribution < 1.29 is 9.31 Å². The Hall–Kier alpha value is -0.705. The van der Waals surface area contributed by atoms with Crippen LogP contribution in [0.5, 0.6) is 0 Å². The molecule has 1 aliphatic heterocycles. The summed E-state index contributed by atoms with van der Waals surface area (Å²) >= 11 is 6.16. The van der Waals surface area contributed by atoms with E-state index in [2.05, 4.69) is 0 Å². The topological polar surface area (TPSA) is 44.5 Å². The van der Waals surface area contributed by atoms with Crippen molar-refractivity contribution in [1.29, 1.82) is 0 Å². The highest BCUT2D eigenvalue weighted by Gasteiger charge is 2.52. The Morgan fingerprint density at radius 3 is 2.12 bits per heavy atom. The monoisotopic (exact) mass is 253 g/mol. The minimum absolute atomic E-state index is 0.386. The molecule has 0 aliphatic carbocycles. The molecule has 0 bridgehead atoms. The normalized spacial score (nSPS) is 21.8. The van der Waals surface area contributed by atoms with Crippen molar-refractivity contribution in [1.82, 2.24) is 0 Å². The Balaban J connectivity index is 2.39.